The van der Waals surface area contributed by atoms with Gasteiger partial charge < -0.3 is 9.73 Å². The zero-order valence-electron chi connectivity index (χ0n) is 15.7. The molecular formula is C21H26ClN3O2. The standard InChI is InChI=1S/C21H26ClN3O2/c1-13(21-7-14-4-15(8-21)6-16(5-14)9-21)24-20(26)19-3-2-18(27-19)12-25-11-17(22)10-23-25/h2-3,10-11,13-16H,4-9,12H2,1H3,(H,24,26). The smallest absolute Gasteiger partial charge is 0.287 e. The maximum Gasteiger partial charge on any atom is 0.287 e. The maximum atomic E-state index is 12.8. The maximum absolute atomic E-state index is 12.8. The largest absolute Gasteiger partial charge is 0.454 e. The fraction of sp³-hybridized carbons (Fsp3) is 0.619. The van der Waals surface area contributed by atoms with Crippen LogP contribution in [0.4, 0.5) is 0 Å². The zero-order chi connectivity index (χ0) is 18.6. The molecule has 2 aromatic rings. The Balaban J connectivity index is 1.25. The summed E-state index contributed by atoms with van der Waals surface area (Å²) in [6.45, 7) is 2.66. The number of nitrogens with zero attached hydrogens (tertiary/aromatic N) is 2. The molecule has 27 heavy (non-hydrogen) atoms. The Bertz CT molecular complexity index is 820. The first-order chi connectivity index (χ1) is 13.0. The third kappa shape index (κ3) is 3.20. The molecule has 5 nitrogen and oxygen atoms in total. The Labute approximate surface area is 164 Å². The van der Waals surface area contributed by atoms with E-state index in [9.17, 15) is 4.79 Å². The van der Waals surface area contributed by atoms with Crippen molar-refractivity contribution < 1.29 is 9.21 Å². The highest BCUT2D eigenvalue weighted by Gasteiger charge is 2.53. The molecule has 4 saturated carbocycles. The van der Waals surface area contributed by atoms with Crippen LogP contribution in [-0.2, 0) is 6.54 Å². The Kier molecular flexibility index (Phi) is 4.12. The number of hydrogen-bond acceptors (Lipinski definition) is 3. The van der Waals surface area contributed by atoms with Crippen LogP contribution in [0, 0.1) is 23.2 Å². The van der Waals surface area contributed by atoms with Crippen molar-refractivity contribution in [2.24, 2.45) is 23.2 Å². The number of hydrogen-bond donors (Lipinski definition) is 1. The summed E-state index contributed by atoms with van der Waals surface area (Å²) in [5, 5.41) is 7.99. The lowest BCUT2D eigenvalue weighted by molar-refractivity contribution is -0.0688. The first-order valence-corrected chi connectivity index (χ1v) is 10.4. The fourth-order valence-corrected chi connectivity index (χ4v) is 6.45. The summed E-state index contributed by atoms with van der Waals surface area (Å²) in [4.78, 5) is 12.8. The number of aromatic nitrogens is 2. The van der Waals surface area contributed by atoms with Crippen LogP contribution in [0.2, 0.25) is 5.02 Å². The van der Waals surface area contributed by atoms with Crippen molar-refractivity contribution in [3.05, 3.63) is 41.1 Å². The van der Waals surface area contributed by atoms with Gasteiger partial charge in [-0.15, -0.1) is 0 Å². The third-order valence-electron chi connectivity index (χ3n) is 7.16. The van der Waals surface area contributed by atoms with Crippen LogP contribution in [0.3, 0.4) is 0 Å². The Hall–Kier alpha value is -1.75. The molecule has 0 aromatic carbocycles. The molecule has 0 aliphatic heterocycles. The number of rotatable bonds is 5. The summed E-state index contributed by atoms with van der Waals surface area (Å²) in [5.41, 5.74) is 0.297. The number of halogens is 1. The minimum Gasteiger partial charge on any atom is -0.454 e. The first-order valence-electron chi connectivity index (χ1n) is 10.1. The molecule has 0 radical (unpaired) electrons. The topological polar surface area (TPSA) is 60.1 Å². The van der Waals surface area contributed by atoms with Crippen molar-refractivity contribution >= 4 is 17.5 Å². The normalized spacial score (nSPS) is 32.6. The van der Waals surface area contributed by atoms with Crippen molar-refractivity contribution in [2.75, 3.05) is 0 Å². The molecular weight excluding hydrogens is 362 g/mol. The van der Waals surface area contributed by atoms with E-state index in [2.05, 4.69) is 17.3 Å². The van der Waals surface area contributed by atoms with Gasteiger partial charge in [0.05, 0.1) is 17.8 Å². The third-order valence-corrected chi connectivity index (χ3v) is 7.35. The SMILES string of the molecule is CC(NC(=O)c1ccc(Cn2cc(Cl)cn2)o1)C12CC3CC(CC(C3)C1)C2. The van der Waals surface area contributed by atoms with E-state index in [0.29, 0.717) is 28.5 Å². The fourth-order valence-electron chi connectivity index (χ4n) is 6.30. The van der Waals surface area contributed by atoms with E-state index in [1.165, 1.54) is 38.5 Å². The minimum absolute atomic E-state index is 0.108. The summed E-state index contributed by atoms with van der Waals surface area (Å²) in [6, 6.07) is 3.78. The highest BCUT2D eigenvalue weighted by molar-refractivity contribution is 6.30. The lowest BCUT2D eigenvalue weighted by Crippen LogP contribution is -2.55. The summed E-state index contributed by atoms with van der Waals surface area (Å²) in [6.07, 6.45) is 11.4. The molecule has 1 N–H and O–H groups in total. The lowest BCUT2D eigenvalue weighted by Gasteiger charge is -2.59. The molecule has 1 atom stereocenters. The molecule has 4 bridgehead atoms. The Morgan fingerprint density at radius 2 is 1.96 bits per heavy atom. The summed E-state index contributed by atoms with van der Waals surface area (Å²) in [7, 11) is 0. The zero-order valence-corrected chi connectivity index (χ0v) is 16.4. The molecule has 4 aliphatic carbocycles. The second-order valence-electron chi connectivity index (χ2n) is 9.10. The van der Waals surface area contributed by atoms with E-state index in [0.717, 1.165) is 17.8 Å². The van der Waals surface area contributed by atoms with Crippen molar-refractivity contribution in [3.63, 3.8) is 0 Å². The average Bonchev–Trinajstić information content (AvgIpc) is 3.23. The number of furan rings is 1. The van der Waals surface area contributed by atoms with E-state index in [4.69, 9.17) is 16.0 Å². The van der Waals surface area contributed by atoms with E-state index >= 15 is 0 Å². The van der Waals surface area contributed by atoms with Gasteiger partial charge >= 0.3 is 0 Å². The Morgan fingerprint density at radius 1 is 1.30 bits per heavy atom. The van der Waals surface area contributed by atoms with Gasteiger partial charge in [-0.25, -0.2) is 0 Å². The molecule has 4 fully saturated rings. The van der Waals surface area contributed by atoms with Gasteiger partial charge in [0, 0.05) is 12.2 Å². The van der Waals surface area contributed by atoms with Crippen molar-refractivity contribution in [1.29, 1.82) is 0 Å². The highest BCUT2D eigenvalue weighted by Crippen LogP contribution is 2.61. The number of carbonyl (C=O) groups is 1. The monoisotopic (exact) mass is 387 g/mol. The number of nitrogens with one attached hydrogen (secondary N) is 1. The molecule has 6 heteroatoms. The molecule has 2 heterocycles. The summed E-state index contributed by atoms with van der Waals surface area (Å²) < 4.78 is 7.46. The van der Waals surface area contributed by atoms with Crippen LogP contribution >= 0.6 is 11.6 Å². The van der Waals surface area contributed by atoms with Gasteiger partial charge in [-0.3, -0.25) is 9.48 Å². The quantitative estimate of drug-likeness (QED) is 0.820. The van der Waals surface area contributed by atoms with Gasteiger partial charge in [0.2, 0.25) is 0 Å². The number of amides is 1. The van der Waals surface area contributed by atoms with Crippen LogP contribution in [0.15, 0.2) is 28.9 Å². The molecule has 1 amide bonds. The number of carbonyl (C=O) groups excluding carboxylic acids is 1. The van der Waals surface area contributed by atoms with Crippen LogP contribution in [0.5, 0.6) is 0 Å². The van der Waals surface area contributed by atoms with Gasteiger partial charge in [0.1, 0.15) is 5.76 Å². The molecule has 0 saturated heterocycles. The van der Waals surface area contributed by atoms with Crippen LogP contribution in [-0.4, -0.2) is 21.7 Å². The van der Waals surface area contributed by atoms with Crippen molar-refractivity contribution in [2.45, 2.75) is 58.0 Å². The first kappa shape index (κ1) is 17.4. The second kappa shape index (κ2) is 6.40. The molecule has 0 spiro atoms. The van der Waals surface area contributed by atoms with Gasteiger partial charge in [-0.05, 0) is 80.8 Å². The van der Waals surface area contributed by atoms with Gasteiger partial charge in [0.15, 0.2) is 5.76 Å². The Morgan fingerprint density at radius 3 is 2.56 bits per heavy atom. The van der Waals surface area contributed by atoms with Crippen LogP contribution in [0.1, 0.15) is 61.8 Å². The molecule has 144 valence electrons. The van der Waals surface area contributed by atoms with E-state index in [1.807, 2.05) is 6.07 Å². The minimum atomic E-state index is -0.108. The van der Waals surface area contributed by atoms with Crippen molar-refractivity contribution in [1.82, 2.24) is 15.1 Å². The predicted molar refractivity (Wildman–Crippen MR) is 103 cm³/mol. The molecule has 2 aromatic heterocycles. The van der Waals surface area contributed by atoms with Crippen molar-refractivity contribution in [3.8, 4) is 0 Å². The van der Waals surface area contributed by atoms with E-state index < -0.39 is 0 Å². The average molecular weight is 388 g/mol. The van der Waals surface area contributed by atoms with E-state index in [-0.39, 0.29) is 11.9 Å². The molecule has 1 unspecified atom stereocenters. The van der Waals surface area contributed by atoms with Gasteiger partial charge in [0.25, 0.3) is 5.91 Å². The van der Waals surface area contributed by atoms with Gasteiger partial charge in [-0.1, -0.05) is 11.6 Å². The van der Waals surface area contributed by atoms with Crippen LogP contribution < -0.4 is 5.32 Å². The second-order valence-corrected chi connectivity index (χ2v) is 9.53. The molecule has 6 rings (SSSR count). The highest BCUT2D eigenvalue weighted by atomic mass is 35.5. The van der Waals surface area contributed by atoms with Gasteiger partial charge in [-0.2, -0.15) is 5.10 Å². The lowest BCUT2D eigenvalue weighted by atomic mass is 9.48. The van der Waals surface area contributed by atoms with Crippen LogP contribution in [0.25, 0.3) is 0 Å². The molecule has 4 aliphatic rings. The summed E-state index contributed by atoms with van der Waals surface area (Å²) in [5.74, 6) is 3.61. The van der Waals surface area contributed by atoms with E-state index in [1.54, 1.807) is 23.1 Å². The predicted octanol–water partition coefficient (Wildman–Crippen LogP) is 4.51. The summed E-state index contributed by atoms with van der Waals surface area (Å²) >= 11 is 5.89.